The largest absolute Gasteiger partial charge is 0.497 e. The van der Waals surface area contributed by atoms with Gasteiger partial charge in [-0.3, -0.25) is 10.1 Å². The molecule has 0 saturated carbocycles. The zero-order chi connectivity index (χ0) is 24.2. The molecule has 0 bridgehead atoms. The summed E-state index contributed by atoms with van der Waals surface area (Å²) in [6.07, 6.45) is 0.652. The first-order chi connectivity index (χ1) is 17.1. The average Bonchev–Trinajstić information content (AvgIpc) is 3.30. The summed E-state index contributed by atoms with van der Waals surface area (Å²) >= 11 is 0. The number of halogens is 1. The molecule has 0 saturated heterocycles. The van der Waals surface area contributed by atoms with E-state index in [0.29, 0.717) is 18.1 Å². The van der Waals surface area contributed by atoms with Crippen molar-refractivity contribution >= 4 is 17.8 Å². The van der Waals surface area contributed by atoms with Gasteiger partial charge in [-0.05, 0) is 53.9 Å². The first-order valence-corrected chi connectivity index (χ1v) is 11.2. The summed E-state index contributed by atoms with van der Waals surface area (Å²) in [4.78, 5) is 16.9. The number of hydrogen-bond donors (Lipinski definition) is 2. The lowest BCUT2D eigenvalue weighted by molar-refractivity contribution is -0.118. The molecular formula is C26H24FN5O3. The van der Waals surface area contributed by atoms with Crippen LogP contribution in [0.5, 0.6) is 11.5 Å². The predicted molar refractivity (Wildman–Crippen MR) is 129 cm³/mol. The Labute approximate surface area is 201 Å². The van der Waals surface area contributed by atoms with Crippen LogP contribution in [0, 0.1) is 5.82 Å². The van der Waals surface area contributed by atoms with E-state index in [1.807, 2.05) is 42.5 Å². The van der Waals surface area contributed by atoms with Gasteiger partial charge in [0.1, 0.15) is 17.3 Å². The summed E-state index contributed by atoms with van der Waals surface area (Å²) in [6, 6.07) is 22.9. The number of ether oxygens (including phenoxy) is 2. The highest BCUT2D eigenvalue weighted by Crippen LogP contribution is 2.38. The van der Waals surface area contributed by atoms with Gasteiger partial charge in [0.05, 0.1) is 19.2 Å². The first-order valence-electron chi connectivity index (χ1n) is 11.2. The number of aromatic nitrogens is 3. The van der Waals surface area contributed by atoms with Gasteiger partial charge in [0.2, 0.25) is 5.95 Å². The van der Waals surface area contributed by atoms with Crippen LogP contribution in [-0.4, -0.2) is 34.4 Å². The number of nitrogens with zero attached hydrogens (tertiary/aromatic N) is 3. The van der Waals surface area contributed by atoms with Crippen LogP contribution in [0.2, 0.25) is 0 Å². The fraction of sp³-hybridized carbons (Fsp3) is 0.192. The standard InChI is InChI=1S/C26H24FN5O3/c1-34-20-13-9-17(10-14-20)22-15-23(18-7-11-19(27)12-8-18)32-26(28-22)30-25(31-32)29-24(33)16-35-21-5-3-2-4-6-21/h2-14,22-23H,15-16H2,1H3,(H2,28,29,30,31,33)/t22-,23-/m1/s1. The van der Waals surface area contributed by atoms with Crippen LogP contribution in [0.4, 0.5) is 16.3 Å². The van der Waals surface area contributed by atoms with Gasteiger partial charge in [0.15, 0.2) is 6.61 Å². The van der Waals surface area contributed by atoms with Gasteiger partial charge in [-0.25, -0.2) is 9.07 Å². The molecule has 0 unspecified atom stereocenters. The number of amides is 1. The van der Waals surface area contributed by atoms with Crippen molar-refractivity contribution in [3.05, 3.63) is 95.8 Å². The zero-order valence-electron chi connectivity index (χ0n) is 19.0. The van der Waals surface area contributed by atoms with Gasteiger partial charge >= 0.3 is 0 Å². The summed E-state index contributed by atoms with van der Waals surface area (Å²) in [5.74, 6) is 1.36. The molecule has 1 aliphatic heterocycles. The van der Waals surface area contributed by atoms with E-state index in [0.717, 1.165) is 16.9 Å². The Kier molecular flexibility index (Phi) is 6.30. The molecule has 8 nitrogen and oxygen atoms in total. The van der Waals surface area contributed by atoms with E-state index in [9.17, 15) is 9.18 Å². The minimum atomic E-state index is -0.373. The third-order valence-electron chi connectivity index (χ3n) is 5.83. The molecule has 0 aliphatic carbocycles. The monoisotopic (exact) mass is 473 g/mol. The first kappa shape index (κ1) is 22.4. The van der Waals surface area contributed by atoms with Crippen molar-refractivity contribution in [2.24, 2.45) is 0 Å². The Morgan fingerprint density at radius 1 is 1.03 bits per heavy atom. The van der Waals surface area contributed by atoms with Crippen LogP contribution < -0.4 is 20.1 Å². The molecule has 1 aliphatic rings. The molecule has 178 valence electrons. The van der Waals surface area contributed by atoms with Gasteiger partial charge in [-0.15, -0.1) is 5.10 Å². The van der Waals surface area contributed by atoms with Crippen LogP contribution in [-0.2, 0) is 4.79 Å². The molecule has 0 radical (unpaired) electrons. The summed E-state index contributed by atoms with van der Waals surface area (Å²) in [5.41, 5.74) is 1.94. The number of carbonyl (C=O) groups is 1. The van der Waals surface area contributed by atoms with Crippen LogP contribution in [0.25, 0.3) is 0 Å². The Morgan fingerprint density at radius 3 is 2.46 bits per heavy atom. The van der Waals surface area contributed by atoms with Gasteiger partial charge in [-0.1, -0.05) is 42.5 Å². The summed E-state index contributed by atoms with van der Waals surface area (Å²) in [7, 11) is 1.63. The van der Waals surface area contributed by atoms with E-state index < -0.39 is 0 Å². The molecule has 4 aromatic rings. The maximum Gasteiger partial charge on any atom is 0.264 e. The predicted octanol–water partition coefficient (Wildman–Crippen LogP) is 4.59. The number of hydrogen-bond acceptors (Lipinski definition) is 6. The third-order valence-corrected chi connectivity index (χ3v) is 5.83. The Bertz CT molecular complexity index is 1290. The van der Waals surface area contributed by atoms with Gasteiger partial charge in [0.25, 0.3) is 11.9 Å². The Hall–Kier alpha value is -4.40. The molecule has 1 aromatic heterocycles. The lowest BCUT2D eigenvalue weighted by Crippen LogP contribution is -2.28. The van der Waals surface area contributed by atoms with Crippen molar-refractivity contribution in [2.75, 3.05) is 24.4 Å². The lowest BCUT2D eigenvalue weighted by atomic mass is 9.93. The fourth-order valence-electron chi connectivity index (χ4n) is 4.07. The Balaban J connectivity index is 1.38. The van der Waals surface area contributed by atoms with Crippen molar-refractivity contribution in [1.82, 2.24) is 14.8 Å². The minimum Gasteiger partial charge on any atom is -0.497 e. The number of nitrogens with one attached hydrogen (secondary N) is 2. The molecule has 0 spiro atoms. The second-order valence-electron chi connectivity index (χ2n) is 8.13. The normalized spacial score (nSPS) is 16.6. The maximum absolute atomic E-state index is 13.6. The van der Waals surface area contributed by atoms with E-state index in [-0.39, 0.29) is 36.4 Å². The number of rotatable bonds is 7. The van der Waals surface area contributed by atoms with Gasteiger partial charge in [0, 0.05) is 0 Å². The second kappa shape index (κ2) is 9.84. The summed E-state index contributed by atoms with van der Waals surface area (Å²) < 4.78 is 26.1. The smallest absolute Gasteiger partial charge is 0.264 e. The molecular weight excluding hydrogens is 449 g/mol. The highest BCUT2D eigenvalue weighted by atomic mass is 19.1. The van der Waals surface area contributed by atoms with Gasteiger partial charge < -0.3 is 14.8 Å². The summed E-state index contributed by atoms with van der Waals surface area (Å²) in [5, 5.41) is 10.6. The molecule has 1 amide bonds. The number of benzene rings is 3. The average molecular weight is 474 g/mol. The quantitative estimate of drug-likeness (QED) is 0.408. The fourth-order valence-corrected chi connectivity index (χ4v) is 4.07. The summed E-state index contributed by atoms with van der Waals surface area (Å²) in [6.45, 7) is -0.169. The molecule has 5 rings (SSSR count). The van der Waals surface area contributed by atoms with Crippen LogP contribution in [0.3, 0.4) is 0 Å². The van der Waals surface area contributed by atoms with E-state index in [1.165, 1.54) is 12.1 Å². The maximum atomic E-state index is 13.6. The van der Waals surface area contributed by atoms with Crippen molar-refractivity contribution in [2.45, 2.75) is 18.5 Å². The van der Waals surface area contributed by atoms with Crippen molar-refractivity contribution in [1.29, 1.82) is 0 Å². The molecule has 0 fully saturated rings. The van der Waals surface area contributed by atoms with Crippen LogP contribution in [0.15, 0.2) is 78.9 Å². The van der Waals surface area contributed by atoms with Crippen molar-refractivity contribution in [3.63, 3.8) is 0 Å². The second-order valence-corrected chi connectivity index (χ2v) is 8.13. The van der Waals surface area contributed by atoms with Gasteiger partial charge in [-0.2, -0.15) is 4.98 Å². The molecule has 2 N–H and O–H groups in total. The Morgan fingerprint density at radius 2 is 1.74 bits per heavy atom. The molecule has 2 heterocycles. The lowest BCUT2D eigenvalue weighted by Gasteiger charge is -2.31. The highest BCUT2D eigenvalue weighted by molar-refractivity contribution is 5.90. The molecule has 9 heteroatoms. The van der Waals surface area contributed by atoms with Crippen LogP contribution in [0.1, 0.15) is 29.6 Å². The molecule has 3 aromatic carbocycles. The number of methoxy groups -OCH3 is 1. The highest BCUT2D eigenvalue weighted by Gasteiger charge is 2.31. The zero-order valence-corrected chi connectivity index (χ0v) is 19.0. The SMILES string of the molecule is COc1ccc([C@H]2C[C@H](c3ccc(F)cc3)n3nc(NC(=O)COc4ccccc4)nc3N2)cc1. The van der Waals surface area contributed by atoms with E-state index in [1.54, 1.807) is 36.1 Å². The molecule has 2 atom stereocenters. The van der Waals surface area contributed by atoms with E-state index in [4.69, 9.17) is 9.47 Å². The van der Waals surface area contributed by atoms with Crippen molar-refractivity contribution in [3.8, 4) is 11.5 Å². The number of para-hydroxylation sites is 1. The number of carbonyl (C=O) groups excluding carboxylic acids is 1. The third kappa shape index (κ3) is 5.08. The molecule has 35 heavy (non-hydrogen) atoms. The number of fused-ring (bicyclic) bond motifs is 1. The van der Waals surface area contributed by atoms with E-state index in [2.05, 4.69) is 20.7 Å². The van der Waals surface area contributed by atoms with E-state index >= 15 is 0 Å². The topological polar surface area (TPSA) is 90.3 Å². The number of anilines is 2. The van der Waals surface area contributed by atoms with Crippen LogP contribution >= 0.6 is 0 Å². The minimum absolute atomic E-state index is 0.0716. The van der Waals surface area contributed by atoms with Crippen molar-refractivity contribution < 1.29 is 18.7 Å².